The van der Waals surface area contributed by atoms with Crippen molar-refractivity contribution in [1.82, 2.24) is 28.2 Å². The summed E-state index contributed by atoms with van der Waals surface area (Å²) in [5, 5.41) is 28.5. The molecular formula is C84H50N8. The highest BCUT2D eigenvalue weighted by Crippen LogP contribution is 2.42. The average Bonchev–Trinajstić information content (AvgIpc) is 1.60. The fraction of sp³-hybridized carbons (Fsp3) is 0. The molecule has 0 aliphatic carbocycles. The van der Waals surface area contributed by atoms with E-state index >= 15 is 0 Å². The van der Waals surface area contributed by atoms with E-state index in [0.717, 1.165) is 117 Å². The second kappa shape index (κ2) is 20.9. The van der Waals surface area contributed by atoms with Crippen molar-refractivity contribution in [1.29, 1.82) is 10.5 Å². The number of para-hydroxylation sites is 4. The Labute approximate surface area is 528 Å². The van der Waals surface area contributed by atoms with Crippen LogP contribution in [0.2, 0.25) is 0 Å². The minimum absolute atomic E-state index is 0.640. The molecule has 0 saturated carbocycles. The maximum absolute atomic E-state index is 9.53. The molecule has 8 nitrogen and oxygen atoms in total. The molecule has 13 aromatic carbocycles. The van der Waals surface area contributed by atoms with Crippen LogP contribution in [0.25, 0.3) is 166 Å². The van der Waals surface area contributed by atoms with Gasteiger partial charge in [0.05, 0.1) is 78.8 Å². The fourth-order valence-electron chi connectivity index (χ4n) is 14.2. The van der Waals surface area contributed by atoms with Gasteiger partial charge in [-0.1, -0.05) is 152 Å². The monoisotopic (exact) mass is 1170 g/mol. The summed E-state index contributed by atoms with van der Waals surface area (Å²) in [7, 11) is 0. The molecule has 426 valence electrons. The minimum Gasteiger partial charge on any atom is -0.309 e. The standard InChI is InChI=1S/C84H50N8/c85-51-53-28-36-62(37-29-53)89-76-24-8-4-20-66(76)70-46-56(32-40-80(70)89)58-34-42-82-72(48-58)68-22-6-10-26-78(68)91(82)64-18-12-16-60(44-64)74-50-75(88-84(87-74)55-14-2-1-3-15-55)61-17-13-19-65(45-61)92-79-27-11-7-23-69(79)73-49-59(35-43-83(73)92)57-33-41-81-71(47-57)67-21-5-9-25-77(67)90(81)63-38-30-54(52-86)31-39-63/h1-50H. The summed E-state index contributed by atoms with van der Waals surface area (Å²) in [5.74, 6) is 0.650. The smallest absolute Gasteiger partial charge is 0.160 e. The first-order valence-corrected chi connectivity index (χ1v) is 30.8. The van der Waals surface area contributed by atoms with Gasteiger partial charge in [-0.15, -0.1) is 0 Å². The summed E-state index contributed by atoms with van der Waals surface area (Å²) in [6.45, 7) is 0. The fourth-order valence-corrected chi connectivity index (χ4v) is 14.2. The number of aromatic nitrogens is 6. The van der Waals surface area contributed by atoms with E-state index in [0.29, 0.717) is 17.0 Å². The predicted molar refractivity (Wildman–Crippen MR) is 376 cm³/mol. The predicted octanol–water partition coefficient (Wildman–Crippen LogP) is 20.9. The molecule has 0 amide bonds. The van der Waals surface area contributed by atoms with E-state index in [1.54, 1.807) is 0 Å². The summed E-state index contributed by atoms with van der Waals surface area (Å²) in [6, 6.07) is 112. The van der Waals surface area contributed by atoms with Gasteiger partial charge in [0.15, 0.2) is 5.82 Å². The second-order valence-electron chi connectivity index (χ2n) is 23.6. The van der Waals surface area contributed by atoms with E-state index in [1.807, 2.05) is 66.7 Å². The van der Waals surface area contributed by atoms with Crippen LogP contribution in [0.15, 0.2) is 303 Å². The molecule has 0 N–H and O–H groups in total. The van der Waals surface area contributed by atoms with E-state index in [9.17, 15) is 10.5 Å². The highest BCUT2D eigenvalue weighted by molar-refractivity contribution is 6.15. The Hall–Kier alpha value is -12.9. The molecule has 0 spiro atoms. The molecule has 18 rings (SSSR count). The van der Waals surface area contributed by atoms with Crippen molar-refractivity contribution in [3.63, 3.8) is 0 Å². The van der Waals surface area contributed by atoms with Crippen molar-refractivity contribution < 1.29 is 0 Å². The highest BCUT2D eigenvalue weighted by Gasteiger charge is 2.21. The lowest BCUT2D eigenvalue weighted by atomic mass is 10.0. The lowest BCUT2D eigenvalue weighted by Gasteiger charge is -2.13. The Bertz CT molecular complexity index is 5790. The first-order chi connectivity index (χ1) is 45.5. The Morgan fingerprint density at radius 3 is 0.870 bits per heavy atom. The van der Waals surface area contributed by atoms with Crippen molar-refractivity contribution in [3.8, 4) is 91.0 Å². The molecule has 0 aliphatic heterocycles. The van der Waals surface area contributed by atoms with E-state index in [1.165, 1.54) is 43.1 Å². The SMILES string of the molecule is N#Cc1ccc(-n2c3ccccc3c3cc(-c4ccc5c(c4)c4ccccc4n5-c4cccc(-c5cc(-c6cccc(-n7c8ccccc8c8cc(-c9ccc%10c(c9)c9ccccc9n%10-c9ccc(C#N)cc9)ccc87)c6)nc(-c6ccccc6)n5)c4)ccc32)cc1. The molecule has 18 aromatic rings. The summed E-state index contributed by atoms with van der Waals surface area (Å²) in [6.07, 6.45) is 0. The molecule has 0 atom stereocenters. The third-order valence-corrected chi connectivity index (χ3v) is 18.4. The number of hydrogen-bond donors (Lipinski definition) is 0. The third-order valence-electron chi connectivity index (χ3n) is 18.4. The zero-order valence-electron chi connectivity index (χ0n) is 49.4. The molecule has 8 heteroatoms. The van der Waals surface area contributed by atoms with Crippen LogP contribution in [0.1, 0.15) is 11.1 Å². The van der Waals surface area contributed by atoms with Crippen molar-refractivity contribution in [2.75, 3.05) is 0 Å². The van der Waals surface area contributed by atoms with Crippen molar-refractivity contribution in [3.05, 3.63) is 314 Å². The highest BCUT2D eigenvalue weighted by atomic mass is 15.0. The molecule has 0 unspecified atom stereocenters. The van der Waals surface area contributed by atoms with Crippen LogP contribution in [0, 0.1) is 22.7 Å². The maximum atomic E-state index is 9.53. The quantitative estimate of drug-likeness (QED) is 0.144. The van der Waals surface area contributed by atoms with Gasteiger partial charge in [0.25, 0.3) is 0 Å². The number of hydrogen-bond acceptors (Lipinski definition) is 4. The van der Waals surface area contributed by atoms with Crippen LogP contribution in [-0.2, 0) is 0 Å². The molecule has 5 aromatic heterocycles. The van der Waals surface area contributed by atoms with Crippen molar-refractivity contribution in [2.24, 2.45) is 0 Å². The largest absolute Gasteiger partial charge is 0.309 e. The molecule has 0 saturated heterocycles. The third kappa shape index (κ3) is 8.37. The zero-order chi connectivity index (χ0) is 61.0. The summed E-state index contributed by atoms with van der Waals surface area (Å²) >= 11 is 0. The number of rotatable bonds is 9. The van der Waals surface area contributed by atoms with Crippen molar-refractivity contribution >= 4 is 87.2 Å². The Kier molecular flexibility index (Phi) is 11.9. The van der Waals surface area contributed by atoms with Gasteiger partial charge in [-0.2, -0.15) is 10.5 Å². The van der Waals surface area contributed by atoms with E-state index in [2.05, 4.69) is 267 Å². The zero-order valence-corrected chi connectivity index (χ0v) is 49.4. The van der Waals surface area contributed by atoms with Crippen molar-refractivity contribution in [2.45, 2.75) is 0 Å². The summed E-state index contributed by atoms with van der Waals surface area (Å²) in [5.41, 5.74) is 23.4. The van der Waals surface area contributed by atoms with Gasteiger partial charge in [-0.3, -0.25) is 0 Å². The molecule has 0 aliphatic rings. The van der Waals surface area contributed by atoms with Gasteiger partial charge in [-0.25, -0.2) is 9.97 Å². The first kappa shape index (κ1) is 52.3. The van der Waals surface area contributed by atoms with Gasteiger partial charge in [0.1, 0.15) is 0 Å². The summed E-state index contributed by atoms with van der Waals surface area (Å²) in [4.78, 5) is 10.7. The maximum Gasteiger partial charge on any atom is 0.160 e. The van der Waals surface area contributed by atoms with Crippen LogP contribution in [0.5, 0.6) is 0 Å². The summed E-state index contributed by atoms with van der Waals surface area (Å²) < 4.78 is 9.33. The van der Waals surface area contributed by atoms with E-state index < -0.39 is 0 Å². The van der Waals surface area contributed by atoms with Gasteiger partial charge < -0.3 is 18.3 Å². The van der Waals surface area contributed by atoms with Gasteiger partial charge >= 0.3 is 0 Å². The van der Waals surface area contributed by atoms with E-state index in [4.69, 9.17) is 9.97 Å². The molecule has 0 fully saturated rings. The molecule has 5 heterocycles. The normalized spacial score (nSPS) is 11.7. The average molecular weight is 1170 g/mol. The van der Waals surface area contributed by atoms with Crippen LogP contribution >= 0.6 is 0 Å². The first-order valence-electron chi connectivity index (χ1n) is 30.8. The van der Waals surface area contributed by atoms with E-state index in [-0.39, 0.29) is 0 Å². The Morgan fingerprint density at radius 2 is 0.522 bits per heavy atom. The van der Waals surface area contributed by atoms with Gasteiger partial charge in [0, 0.05) is 82.5 Å². The van der Waals surface area contributed by atoms with Crippen LogP contribution in [-0.4, -0.2) is 28.2 Å². The Balaban J connectivity index is 0.716. The molecule has 0 bridgehead atoms. The minimum atomic E-state index is 0.640. The molecule has 0 radical (unpaired) electrons. The van der Waals surface area contributed by atoms with Crippen LogP contribution < -0.4 is 0 Å². The number of nitrogens with zero attached hydrogens (tertiary/aromatic N) is 8. The second-order valence-corrected chi connectivity index (χ2v) is 23.6. The molecule has 92 heavy (non-hydrogen) atoms. The van der Waals surface area contributed by atoms with Crippen LogP contribution in [0.3, 0.4) is 0 Å². The van der Waals surface area contributed by atoms with Gasteiger partial charge in [0.2, 0.25) is 0 Å². The lowest BCUT2D eigenvalue weighted by Crippen LogP contribution is -1.99. The van der Waals surface area contributed by atoms with Gasteiger partial charge in [-0.05, 0) is 174 Å². The topological polar surface area (TPSA) is 93.1 Å². The molecular weight excluding hydrogens is 1120 g/mol. The number of fused-ring (bicyclic) bond motifs is 12. The number of benzene rings is 13. The lowest BCUT2D eigenvalue weighted by molar-refractivity contribution is 1.16. The number of nitriles is 2. The Morgan fingerprint density at radius 1 is 0.217 bits per heavy atom. The van der Waals surface area contributed by atoms with Crippen LogP contribution in [0.4, 0.5) is 0 Å².